The predicted octanol–water partition coefficient (Wildman–Crippen LogP) is 4.95. The molecule has 2 aliphatic rings. The Labute approximate surface area is 209 Å². The van der Waals surface area contributed by atoms with Gasteiger partial charge in [0, 0.05) is 49.7 Å². The number of rotatable bonds is 6. The SMILES string of the molecule is Clc1ccccc1CNc1nc(N2CCN(Cc3ccc4c(c3)OCO4)CC2)nc2ccccc12. The fourth-order valence-electron chi connectivity index (χ4n) is 4.56. The Hall–Kier alpha value is -3.55. The molecule has 0 radical (unpaired) electrons. The molecule has 2 aliphatic heterocycles. The first kappa shape index (κ1) is 21.9. The van der Waals surface area contributed by atoms with Crippen LogP contribution in [0, 0.1) is 0 Å². The first-order chi connectivity index (χ1) is 17.2. The van der Waals surface area contributed by atoms with Crippen LogP contribution in [0.3, 0.4) is 0 Å². The molecule has 0 unspecified atom stereocenters. The quantitative estimate of drug-likeness (QED) is 0.413. The summed E-state index contributed by atoms with van der Waals surface area (Å²) in [5.41, 5.74) is 3.20. The standard InChI is InChI=1S/C27H26ClN5O2/c28-22-7-3-1-5-20(22)16-29-26-21-6-2-4-8-23(21)30-27(31-26)33-13-11-32(12-14-33)17-19-9-10-24-25(15-19)35-18-34-24/h1-10,15H,11-14,16-18H2,(H,29,30,31). The first-order valence-electron chi connectivity index (χ1n) is 11.8. The summed E-state index contributed by atoms with van der Waals surface area (Å²) in [6.07, 6.45) is 0. The van der Waals surface area contributed by atoms with Gasteiger partial charge in [-0.25, -0.2) is 4.98 Å². The average Bonchev–Trinajstić information content (AvgIpc) is 3.36. The maximum Gasteiger partial charge on any atom is 0.231 e. The van der Waals surface area contributed by atoms with Gasteiger partial charge < -0.3 is 19.7 Å². The summed E-state index contributed by atoms with van der Waals surface area (Å²) in [6, 6.07) is 22.2. The summed E-state index contributed by atoms with van der Waals surface area (Å²) in [4.78, 5) is 14.5. The highest BCUT2D eigenvalue weighted by Gasteiger charge is 2.21. The zero-order valence-corrected chi connectivity index (χ0v) is 20.0. The molecular formula is C27H26ClN5O2. The molecule has 0 amide bonds. The van der Waals surface area contributed by atoms with E-state index in [1.807, 2.05) is 48.5 Å². The molecule has 35 heavy (non-hydrogen) atoms. The molecule has 1 aromatic heterocycles. The minimum atomic E-state index is 0.304. The zero-order valence-electron chi connectivity index (χ0n) is 19.3. The van der Waals surface area contributed by atoms with Gasteiger partial charge in [-0.15, -0.1) is 0 Å². The third-order valence-electron chi connectivity index (χ3n) is 6.49. The van der Waals surface area contributed by atoms with E-state index in [9.17, 15) is 0 Å². The number of hydrogen-bond acceptors (Lipinski definition) is 7. The van der Waals surface area contributed by atoms with Gasteiger partial charge in [-0.1, -0.05) is 48.0 Å². The van der Waals surface area contributed by atoms with E-state index in [0.29, 0.717) is 13.3 Å². The molecule has 7 nitrogen and oxygen atoms in total. The Morgan fingerprint density at radius 2 is 1.66 bits per heavy atom. The minimum absolute atomic E-state index is 0.304. The highest BCUT2D eigenvalue weighted by atomic mass is 35.5. The molecule has 3 aromatic carbocycles. The van der Waals surface area contributed by atoms with Crippen molar-refractivity contribution in [2.24, 2.45) is 0 Å². The van der Waals surface area contributed by atoms with Crippen molar-refractivity contribution in [3.63, 3.8) is 0 Å². The summed E-state index contributed by atoms with van der Waals surface area (Å²) in [7, 11) is 0. The molecule has 3 heterocycles. The number of hydrogen-bond donors (Lipinski definition) is 1. The van der Waals surface area contributed by atoms with Crippen molar-refractivity contribution >= 4 is 34.3 Å². The van der Waals surface area contributed by atoms with Gasteiger partial charge in [0.1, 0.15) is 5.82 Å². The van der Waals surface area contributed by atoms with Gasteiger partial charge in [0.2, 0.25) is 12.7 Å². The molecule has 6 rings (SSSR count). The monoisotopic (exact) mass is 487 g/mol. The number of ether oxygens (including phenoxy) is 2. The molecule has 1 fully saturated rings. The minimum Gasteiger partial charge on any atom is -0.454 e. The van der Waals surface area contributed by atoms with Crippen LogP contribution in [0.4, 0.5) is 11.8 Å². The summed E-state index contributed by atoms with van der Waals surface area (Å²) < 4.78 is 11.0. The van der Waals surface area contributed by atoms with E-state index in [-0.39, 0.29) is 0 Å². The summed E-state index contributed by atoms with van der Waals surface area (Å²) in [5, 5.41) is 5.24. The van der Waals surface area contributed by atoms with Crippen molar-refractivity contribution in [2.45, 2.75) is 13.1 Å². The molecule has 178 valence electrons. The Bertz CT molecular complexity index is 1360. The van der Waals surface area contributed by atoms with Crippen LogP contribution in [-0.2, 0) is 13.1 Å². The lowest BCUT2D eigenvalue weighted by Gasteiger charge is -2.35. The van der Waals surface area contributed by atoms with E-state index >= 15 is 0 Å². The molecule has 8 heteroatoms. The maximum atomic E-state index is 6.36. The number of aromatic nitrogens is 2. The topological polar surface area (TPSA) is 62.8 Å². The average molecular weight is 488 g/mol. The van der Waals surface area contributed by atoms with Crippen LogP contribution in [0.25, 0.3) is 10.9 Å². The molecule has 0 atom stereocenters. The van der Waals surface area contributed by atoms with Crippen LogP contribution in [0.2, 0.25) is 5.02 Å². The van der Waals surface area contributed by atoms with Crippen LogP contribution >= 0.6 is 11.6 Å². The van der Waals surface area contributed by atoms with Crippen LogP contribution in [0.5, 0.6) is 11.5 Å². The molecule has 0 aliphatic carbocycles. The smallest absolute Gasteiger partial charge is 0.231 e. The van der Waals surface area contributed by atoms with Gasteiger partial charge in [-0.3, -0.25) is 4.90 Å². The number of anilines is 2. The predicted molar refractivity (Wildman–Crippen MR) is 138 cm³/mol. The Morgan fingerprint density at radius 1 is 0.857 bits per heavy atom. The fraction of sp³-hybridized carbons (Fsp3) is 0.259. The Morgan fingerprint density at radius 3 is 2.54 bits per heavy atom. The molecule has 4 aromatic rings. The highest BCUT2D eigenvalue weighted by Crippen LogP contribution is 2.33. The molecule has 1 N–H and O–H groups in total. The molecule has 0 spiro atoms. The van der Waals surface area contributed by atoms with Crippen LogP contribution in [-0.4, -0.2) is 47.8 Å². The molecular weight excluding hydrogens is 462 g/mol. The second-order valence-corrected chi connectivity index (χ2v) is 9.19. The second kappa shape index (κ2) is 9.60. The maximum absolute atomic E-state index is 6.36. The van der Waals surface area contributed by atoms with Crippen molar-refractivity contribution in [3.8, 4) is 11.5 Å². The fourth-order valence-corrected chi connectivity index (χ4v) is 4.77. The number of benzene rings is 3. The Balaban J connectivity index is 1.16. The lowest BCUT2D eigenvalue weighted by atomic mass is 10.1. The first-order valence-corrected chi connectivity index (χ1v) is 12.2. The van der Waals surface area contributed by atoms with Gasteiger partial charge in [-0.2, -0.15) is 4.98 Å². The van der Waals surface area contributed by atoms with Crippen molar-refractivity contribution in [2.75, 3.05) is 43.2 Å². The van der Waals surface area contributed by atoms with Gasteiger partial charge in [0.25, 0.3) is 0 Å². The molecule has 1 saturated heterocycles. The van der Waals surface area contributed by atoms with Gasteiger partial charge in [0.15, 0.2) is 11.5 Å². The largest absolute Gasteiger partial charge is 0.454 e. The summed E-state index contributed by atoms with van der Waals surface area (Å²) in [6.45, 7) is 5.40. The molecule has 0 saturated carbocycles. The van der Waals surface area contributed by atoms with Crippen LogP contribution < -0.4 is 19.7 Å². The normalized spacial score (nSPS) is 15.5. The van der Waals surface area contributed by atoms with Crippen molar-refractivity contribution in [1.29, 1.82) is 0 Å². The number of nitrogens with one attached hydrogen (secondary N) is 1. The van der Waals surface area contributed by atoms with Crippen molar-refractivity contribution in [3.05, 3.63) is 82.9 Å². The van der Waals surface area contributed by atoms with Gasteiger partial charge in [-0.05, 0) is 41.5 Å². The third kappa shape index (κ3) is 4.70. The Kier molecular flexibility index (Phi) is 6.02. The zero-order chi connectivity index (χ0) is 23.6. The number of nitrogens with zero attached hydrogens (tertiary/aromatic N) is 4. The van der Waals surface area contributed by atoms with Crippen molar-refractivity contribution in [1.82, 2.24) is 14.9 Å². The number of para-hydroxylation sites is 1. The lowest BCUT2D eigenvalue weighted by molar-refractivity contribution is 0.174. The van der Waals surface area contributed by atoms with E-state index in [2.05, 4.69) is 33.3 Å². The van der Waals surface area contributed by atoms with E-state index in [1.54, 1.807) is 0 Å². The van der Waals surface area contributed by atoms with E-state index < -0.39 is 0 Å². The third-order valence-corrected chi connectivity index (χ3v) is 6.86. The van der Waals surface area contributed by atoms with E-state index in [1.165, 1.54) is 5.56 Å². The van der Waals surface area contributed by atoms with E-state index in [0.717, 1.165) is 77.5 Å². The van der Waals surface area contributed by atoms with Crippen LogP contribution in [0.15, 0.2) is 66.7 Å². The molecule has 0 bridgehead atoms. The number of piperazine rings is 1. The van der Waals surface area contributed by atoms with Crippen molar-refractivity contribution < 1.29 is 9.47 Å². The second-order valence-electron chi connectivity index (χ2n) is 8.79. The summed E-state index contributed by atoms with van der Waals surface area (Å²) >= 11 is 6.36. The summed E-state index contributed by atoms with van der Waals surface area (Å²) in [5.74, 6) is 3.25. The van der Waals surface area contributed by atoms with E-state index in [4.69, 9.17) is 31.0 Å². The number of halogens is 1. The van der Waals surface area contributed by atoms with Gasteiger partial charge in [0.05, 0.1) is 5.52 Å². The number of fused-ring (bicyclic) bond motifs is 2. The highest BCUT2D eigenvalue weighted by molar-refractivity contribution is 6.31. The van der Waals surface area contributed by atoms with Crippen LogP contribution in [0.1, 0.15) is 11.1 Å². The lowest BCUT2D eigenvalue weighted by Crippen LogP contribution is -2.46. The van der Waals surface area contributed by atoms with Gasteiger partial charge >= 0.3 is 0 Å².